The molecule has 13 aliphatic rings. The Kier molecular flexibility index (Phi) is 34.3. The highest BCUT2D eigenvalue weighted by Crippen LogP contribution is 2.76. The summed E-state index contributed by atoms with van der Waals surface area (Å²) in [5.41, 5.74) is -6.54. The van der Waals surface area contributed by atoms with Crippen molar-refractivity contribution >= 4 is 17.9 Å². The molecule has 46 unspecified atom stereocenters. The molecule has 776 valence electrons. The Bertz CT molecular complexity index is 4170. The molecule has 46 atom stereocenters. The lowest BCUT2D eigenvalue weighted by Crippen LogP contribution is -2.69. The van der Waals surface area contributed by atoms with Gasteiger partial charge in [-0.05, 0) is 168 Å². The van der Waals surface area contributed by atoms with E-state index in [0.29, 0.717) is 57.8 Å². The van der Waals surface area contributed by atoms with Gasteiger partial charge in [0.15, 0.2) is 67.9 Å². The van der Waals surface area contributed by atoms with Crippen LogP contribution in [0.4, 0.5) is 0 Å². The van der Waals surface area contributed by atoms with Crippen molar-refractivity contribution in [2.45, 2.75) is 419 Å². The largest absolute Gasteiger partial charge is 0.453 e. The lowest BCUT2D eigenvalue weighted by atomic mass is 9.33. The van der Waals surface area contributed by atoms with E-state index in [-0.39, 0.29) is 59.5 Å². The number of allylic oxidation sites excluding steroid dienone is 5. The van der Waals surface area contributed by atoms with E-state index in [1.807, 2.05) is 13.8 Å². The van der Waals surface area contributed by atoms with E-state index >= 15 is 4.79 Å². The van der Waals surface area contributed by atoms with Gasteiger partial charge in [-0.15, -0.1) is 13.2 Å². The summed E-state index contributed by atoms with van der Waals surface area (Å²) in [4.78, 5) is 45.8. The summed E-state index contributed by atoms with van der Waals surface area (Å²) in [7, 11) is 0. The molecule has 0 spiro atoms. The standard InChI is InChI=1S/C95H150O41/c1-17-88(7,8)28-19-21-41(3)78(115)131-75-64(107)57(100)43(5)125-85(75)124-39-53-62(105)73(130-77(114)42(4)22-20-29-91(13,117)18-2)76(135-82-69(112)65(108)71(44(6)126-82)132-81-70(113)72(51(99)37-121-81)133-79-66(109)58(101)48(96)34-119-79)86(128-53)136-87(116)95(118)40-94(16)46(45-33-89(9,10)30-25-47(45)95)23-24-55-92(14)31-27-56(90(11,12)54(92)26-32-93(55,94)15)129-83-68(111)63(106)61(104)52(127-83)38-123-84-74(60(103)50(98)36-122-84)134-80-67(110)59(102)49(97)35-120-80/h17-18,21-23,43-45,47-76,79-86,96-113,117-118H,1-2,19-20,24-40H2,3-16H3/b41-21+,42-22+. The second-order valence-corrected chi connectivity index (χ2v) is 43.3. The average Bonchev–Trinajstić information content (AvgIpc) is 0.669. The molecule has 0 aromatic carbocycles. The van der Waals surface area contributed by atoms with Crippen molar-refractivity contribution in [2.24, 2.45) is 56.2 Å². The van der Waals surface area contributed by atoms with Crippen LogP contribution in [0.3, 0.4) is 0 Å². The van der Waals surface area contributed by atoms with Crippen LogP contribution in [-0.2, 0) is 99.6 Å². The topological polar surface area (TPSA) is 622 Å². The van der Waals surface area contributed by atoms with Crippen molar-refractivity contribution in [3.8, 4) is 0 Å². The first-order valence-corrected chi connectivity index (χ1v) is 47.8. The molecule has 0 radical (unpaired) electrons. The van der Waals surface area contributed by atoms with Gasteiger partial charge >= 0.3 is 17.9 Å². The molecule has 4 saturated carbocycles. The molecule has 13 rings (SSSR count). The molecule has 0 aromatic heterocycles. The number of hydrogen-bond donors (Lipinski definition) is 20. The molecule has 41 nitrogen and oxygen atoms in total. The summed E-state index contributed by atoms with van der Waals surface area (Å²) in [6.45, 7) is 30.1. The minimum Gasteiger partial charge on any atom is -0.453 e. The van der Waals surface area contributed by atoms with Gasteiger partial charge in [0.25, 0.3) is 0 Å². The van der Waals surface area contributed by atoms with Crippen LogP contribution < -0.4 is 0 Å². The fourth-order valence-electron chi connectivity index (χ4n) is 23.5. The summed E-state index contributed by atoms with van der Waals surface area (Å²) < 4.78 is 110. The van der Waals surface area contributed by atoms with Crippen LogP contribution in [-0.4, -0.2) is 398 Å². The molecule has 0 aromatic rings. The molecule has 8 heterocycles. The van der Waals surface area contributed by atoms with Crippen LogP contribution in [0.15, 0.2) is 60.3 Å². The molecule has 8 saturated heterocycles. The normalized spacial score (nSPS) is 48.2. The number of ether oxygens (including phenoxy) is 18. The molecule has 0 bridgehead atoms. The van der Waals surface area contributed by atoms with E-state index in [4.69, 9.17) is 85.3 Å². The van der Waals surface area contributed by atoms with E-state index < -0.39 is 330 Å². The third kappa shape index (κ3) is 22.0. The Morgan fingerprint density at radius 1 is 0.463 bits per heavy atom. The summed E-state index contributed by atoms with van der Waals surface area (Å²) in [5.74, 6) is -5.01. The van der Waals surface area contributed by atoms with Gasteiger partial charge in [-0.3, -0.25) is 0 Å². The van der Waals surface area contributed by atoms with E-state index in [0.717, 1.165) is 5.57 Å². The van der Waals surface area contributed by atoms with Crippen molar-refractivity contribution < 1.29 is 202 Å². The number of rotatable bonds is 30. The fraction of sp³-hybridized carbons (Fsp3) is 0.863. The smallest absolute Gasteiger partial charge is 0.340 e. The maximum absolute atomic E-state index is 16.8. The Hall–Kier alpha value is -4.29. The predicted octanol–water partition coefficient (Wildman–Crippen LogP) is -1.45. The highest BCUT2D eigenvalue weighted by Gasteiger charge is 2.73. The van der Waals surface area contributed by atoms with Crippen molar-refractivity contribution in [3.63, 3.8) is 0 Å². The van der Waals surface area contributed by atoms with Crippen molar-refractivity contribution in [3.05, 3.63) is 60.3 Å². The molecule has 136 heavy (non-hydrogen) atoms. The molecule has 0 amide bonds. The van der Waals surface area contributed by atoms with E-state index in [9.17, 15) is 112 Å². The second kappa shape index (κ2) is 42.8. The van der Waals surface area contributed by atoms with Gasteiger partial charge in [0, 0.05) is 17.1 Å². The predicted molar refractivity (Wildman–Crippen MR) is 466 cm³/mol. The number of carbonyl (C=O) groups excluding carboxylic acids is 3. The molecule has 20 N–H and O–H groups in total. The monoisotopic (exact) mass is 1950 g/mol. The zero-order valence-corrected chi connectivity index (χ0v) is 79.9. The van der Waals surface area contributed by atoms with Gasteiger partial charge in [-0.25, -0.2) is 14.4 Å². The van der Waals surface area contributed by atoms with Gasteiger partial charge in [-0.2, -0.15) is 0 Å². The molecule has 8 aliphatic heterocycles. The van der Waals surface area contributed by atoms with Gasteiger partial charge in [-0.1, -0.05) is 98.3 Å². The molecule has 41 heteroatoms. The fourth-order valence-corrected chi connectivity index (χ4v) is 23.5. The quantitative estimate of drug-likeness (QED) is 0.0129. The minimum absolute atomic E-state index is 0.0605. The van der Waals surface area contributed by atoms with E-state index in [1.54, 1.807) is 12.2 Å². The van der Waals surface area contributed by atoms with Crippen LogP contribution in [0.2, 0.25) is 0 Å². The zero-order chi connectivity index (χ0) is 99.8. The summed E-state index contributed by atoms with van der Waals surface area (Å²) >= 11 is 0. The third-order valence-electron chi connectivity index (χ3n) is 32.4. The van der Waals surface area contributed by atoms with Gasteiger partial charge in [0.2, 0.25) is 6.29 Å². The van der Waals surface area contributed by atoms with Crippen molar-refractivity contribution in [2.75, 3.05) is 39.6 Å². The van der Waals surface area contributed by atoms with Crippen LogP contribution >= 0.6 is 0 Å². The van der Waals surface area contributed by atoms with E-state index in [1.165, 1.54) is 46.8 Å². The summed E-state index contributed by atoms with van der Waals surface area (Å²) in [5, 5.41) is 228. The lowest BCUT2D eigenvalue weighted by Gasteiger charge is -2.71. The average molecular weight is 1950 g/mol. The first kappa shape index (κ1) is 109. The number of esters is 3. The van der Waals surface area contributed by atoms with Crippen LogP contribution in [0.25, 0.3) is 0 Å². The van der Waals surface area contributed by atoms with E-state index in [2.05, 4.69) is 67.7 Å². The first-order valence-electron chi connectivity index (χ1n) is 47.8. The number of fused-ring (bicyclic) bond motifs is 7. The number of aliphatic hydroxyl groups is 20. The van der Waals surface area contributed by atoms with Crippen LogP contribution in [0.5, 0.6) is 0 Å². The number of carbonyl (C=O) groups is 3. The first-order chi connectivity index (χ1) is 63.6. The Morgan fingerprint density at radius 3 is 1.57 bits per heavy atom. The summed E-state index contributed by atoms with van der Waals surface area (Å²) in [6.07, 6.45) is -51.4. The van der Waals surface area contributed by atoms with Crippen molar-refractivity contribution in [1.82, 2.24) is 0 Å². The van der Waals surface area contributed by atoms with Crippen LogP contribution in [0.1, 0.15) is 180 Å². The molecular weight excluding hydrogens is 1800 g/mol. The molecule has 12 fully saturated rings. The second-order valence-electron chi connectivity index (χ2n) is 43.3. The SMILES string of the molecule is C=CC(C)(C)CC/C=C(\C)C(=O)OC1C(OCC2OC(OC(=O)C3(O)CC4(C)C(=CCC5C6(C)CCC(OC7OC(COC8OCC(O)C(O)C8OC8OCC(O)C(O)C8O)C(O)C(O)C7O)C(C)(C)C6CCC54C)C4CC(C)(C)CCC43)C(OC3OC(C)C(OC4OCC(O)C(OC5OCC(O)C(O)C5O)C4O)C(O)C3O)C(OC(=O)/C(C)=C/CCC(C)(O)C=C)C2O)OC(C)C(O)C1O. The van der Waals surface area contributed by atoms with Crippen LogP contribution in [0, 0.1) is 56.2 Å². The van der Waals surface area contributed by atoms with Gasteiger partial charge in [0.1, 0.15) is 140 Å². The number of hydrogen-bond acceptors (Lipinski definition) is 41. The maximum Gasteiger partial charge on any atom is 0.340 e. The lowest BCUT2D eigenvalue weighted by molar-refractivity contribution is -0.381. The third-order valence-corrected chi connectivity index (χ3v) is 32.4. The summed E-state index contributed by atoms with van der Waals surface area (Å²) in [6, 6.07) is 0. The maximum atomic E-state index is 16.8. The Balaban J connectivity index is 0.801. The highest BCUT2D eigenvalue weighted by atomic mass is 16.8. The zero-order valence-electron chi connectivity index (χ0n) is 79.9. The minimum atomic E-state index is -2.47. The Morgan fingerprint density at radius 2 is 0.963 bits per heavy atom. The van der Waals surface area contributed by atoms with Crippen molar-refractivity contribution in [1.29, 1.82) is 0 Å². The highest BCUT2D eigenvalue weighted by molar-refractivity contribution is 5.88. The Labute approximate surface area is 791 Å². The molecule has 5 aliphatic carbocycles. The molecular formula is C95H150O41. The number of aliphatic hydroxyl groups excluding tert-OH is 18. The van der Waals surface area contributed by atoms with Gasteiger partial charge in [0.05, 0.1) is 63.6 Å². The van der Waals surface area contributed by atoms with Gasteiger partial charge < -0.3 is 187 Å².